The lowest BCUT2D eigenvalue weighted by Gasteiger charge is -1.99. The summed E-state index contributed by atoms with van der Waals surface area (Å²) in [6.07, 6.45) is 1.88. The molecular formula is C14H14N4O2S. The van der Waals surface area contributed by atoms with Gasteiger partial charge in [0.15, 0.2) is 10.8 Å². The van der Waals surface area contributed by atoms with Crippen molar-refractivity contribution in [1.29, 1.82) is 0 Å². The standard InChI is InChI=1S/C14H14N4O2S/c1-3-20-13(19)11-12(21-14(15)17-11)9-7-18-8(2)5-4-6-10(18)16-9/h4-7H,3H2,1-2H3,(H2,15,17). The fourth-order valence-electron chi connectivity index (χ4n) is 2.11. The van der Waals surface area contributed by atoms with Crippen molar-refractivity contribution in [1.82, 2.24) is 14.4 Å². The average molecular weight is 302 g/mol. The summed E-state index contributed by atoms with van der Waals surface area (Å²) < 4.78 is 6.97. The van der Waals surface area contributed by atoms with Gasteiger partial charge in [-0.15, -0.1) is 0 Å². The zero-order valence-corrected chi connectivity index (χ0v) is 12.5. The number of carbonyl (C=O) groups excluding carboxylic acids is 1. The highest BCUT2D eigenvalue weighted by Gasteiger charge is 2.21. The summed E-state index contributed by atoms with van der Waals surface area (Å²) in [5, 5.41) is 0.321. The minimum atomic E-state index is -0.478. The first-order chi connectivity index (χ1) is 10.1. The molecule has 108 valence electrons. The van der Waals surface area contributed by atoms with E-state index in [0.29, 0.717) is 22.3 Å². The Morgan fingerprint density at radius 2 is 2.24 bits per heavy atom. The minimum Gasteiger partial charge on any atom is -0.461 e. The SMILES string of the molecule is CCOC(=O)c1nc(N)sc1-c1cn2c(C)cccc2n1. The maximum Gasteiger partial charge on any atom is 0.358 e. The molecule has 7 heteroatoms. The lowest BCUT2D eigenvalue weighted by Crippen LogP contribution is -2.06. The van der Waals surface area contributed by atoms with Gasteiger partial charge in [-0.1, -0.05) is 17.4 Å². The van der Waals surface area contributed by atoms with Gasteiger partial charge in [0.05, 0.1) is 11.5 Å². The Morgan fingerprint density at radius 3 is 2.95 bits per heavy atom. The van der Waals surface area contributed by atoms with E-state index in [1.165, 1.54) is 11.3 Å². The number of carbonyl (C=O) groups is 1. The molecule has 0 aliphatic heterocycles. The Labute approximate surface area is 125 Å². The molecule has 0 atom stereocenters. The van der Waals surface area contributed by atoms with Crippen LogP contribution >= 0.6 is 11.3 Å². The largest absolute Gasteiger partial charge is 0.461 e. The van der Waals surface area contributed by atoms with Gasteiger partial charge in [0.2, 0.25) is 0 Å². The number of pyridine rings is 1. The van der Waals surface area contributed by atoms with Crippen molar-refractivity contribution < 1.29 is 9.53 Å². The Kier molecular flexibility index (Phi) is 3.34. The third-order valence-corrected chi connectivity index (χ3v) is 3.95. The number of nitrogens with two attached hydrogens (primary N) is 1. The van der Waals surface area contributed by atoms with Crippen LogP contribution in [0, 0.1) is 6.92 Å². The predicted octanol–water partition coefficient (Wildman–Crippen LogP) is 2.53. The minimum absolute atomic E-state index is 0.223. The maximum absolute atomic E-state index is 12.0. The summed E-state index contributed by atoms with van der Waals surface area (Å²) in [5.41, 5.74) is 8.50. The van der Waals surface area contributed by atoms with Gasteiger partial charge >= 0.3 is 5.97 Å². The van der Waals surface area contributed by atoms with Crippen molar-refractivity contribution in [2.24, 2.45) is 0 Å². The molecule has 0 aromatic carbocycles. The number of hydrogen-bond acceptors (Lipinski definition) is 6. The van der Waals surface area contributed by atoms with Crippen molar-refractivity contribution in [2.75, 3.05) is 12.3 Å². The number of imidazole rings is 1. The molecule has 0 aliphatic rings. The van der Waals surface area contributed by atoms with E-state index in [4.69, 9.17) is 10.5 Å². The van der Waals surface area contributed by atoms with Crippen LogP contribution in [0.15, 0.2) is 24.4 Å². The second kappa shape index (κ2) is 5.17. The molecule has 21 heavy (non-hydrogen) atoms. The number of ether oxygens (including phenoxy) is 1. The smallest absolute Gasteiger partial charge is 0.358 e. The number of nitrogen functional groups attached to an aromatic ring is 1. The quantitative estimate of drug-likeness (QED) is 0.752. The van der Waals surface area contributed by atoms with Gasteiger partial charge in [-0.25, -0.2) is 14.8 Å². The normalized spacial score (nSPS) is 11.0. The van der Waals surface area contributed by atoms with Gasteiger partial charge in [0.1, 0.15) is 11.3 Å². The van der Waals surface area contributed by atoms with Crippen molar-refractivity contribution >= 4 is 28.1 Å². The van der Waals surface area contributed by atoms with Gasteiger partial charge in [-0.2, -0.15) is 0 Å². The topological polar surface area (TPSA) is 82.5 Å². The molecule has 0 spiro atoms. The molecule has 2 N–H and O–H groups in total. The van der Waals surface area contributed by atoms with Crippen molar-refractivity contribution in [2.45, 2.75) is 13.8 Å². The van der Waals surface area contributed by atoms with Crippen LogP contribution in [0.2, 0.25) is 0 Å². The van der Waals surface area contributed by atoms with Crippen LogP contribution in [0.5, 0.6) is 0 Å². The number of nitrogens with zero attached hydrogens (tertiary/aromatic N) is 3. The molecule has 0 saturated carbocycles. The number of aromatic nitrogens is 3. The van der Waals surface area contributed by atoms with E-state index in [-0.39, 0.29) is 5.69 Å². The fraction of sp³-hybridized carbons (Fsp3) is 0.214. The molecule has 0 unspecified atom stereocenters. The van der Waals surface area contributed by atoms with Crippen molar-refractivity contribution in [3.63, 3.8) is 0 Å². The van der Waals surface area contributed by atoms with Gasteiger partial charge in [-0.3, -0.25) is 0 Å². The summed E-state index contributed by atoms with van der Waals surface area (Å²) in [6.45, 7) is 4.04. The summed E-state index contributed by atoms with van der Waals surface area (Å²) >= 11 is 1.23. The lowest BCUT2D eigenvalue weighted by molar-refractivity contribution is 0.0521. The second-order valence-electron chi connectivity index (χ2n) is 4.47. The number of fused-ring (bicyclic) bond motifs is 1. The first-order valence-corrected chi connectivity index (χ1v) is 7.30. The van der Waals surface area contributed by atoms with Gasteiger partial charge in [0, 0.05) is 11.9 Å². The summed E-state index contributed by atoms with van der Waals surface area (Å²) in [4.78, 5) is 21.2. The van der Waals surface area contributed by atoms with Crippen molar-refractivity contribution in [3.8, 4) is 10.6 Å². The molecule has 3 heterocycles. The van der Waals surface area contributed by atoms with E-state index in [1.54, 1.807) is 6.92 Å². The van der Waals surface area contributed by atoms with Crippen LogP contribution in [0.3, 0.4) is 0 Å². The first-order valence-electron chi connectivity index (χ1n) is 6.48. The van der Waals surface area contributed by atoms with Crippen LogP contribution < -0.4 is 5.73 Å². The van der Waals surface area contributed by atoms with Crippen LogP contribution in [0.4, 0.5) is 5.13 Å². The van der Waals surface area contributed by atoms with Crippen LogP contribution in [-0.2, 0) is 4.74 Å². The van der Waals surface area contributed by atoms with Crippen LogP contribution in [0.25, 0.3) is 16.2 Å². The van der Waals surface area contributed by atoms with Crippen molar-refractivity contribution in [3.05, 3.63) is 35.8 Å². The van der Waals surface area contributed by atoms with E-state index < -0.39 is 5.97 Å². The summed E-state index contributed by atoms with van der Waals surface area (Å²) in [7, 11) is 0. The van der Waals surface area contributed by atoms with E-state index in [9.17, 15) is 4.79 Å². The number of rotatable bonds is 3. The number of anilines is 1. The fourth-order valence-corrected chi connectivity index (χ4v) is 2.88. The molecule has 0 saturated heterocycles. The molecule has 3 aromatic heterocycles. The van der Waals surface area contributed by atoms with E-state index in [2.05, 4.69) is 9.97 Å². The van der Waals surface area contributed by atoms with Crippen LogP contribution in [0.1, 0.15) is 23.1 Å². The summed E-state index contributed by atoms with van der Waals surface area (Å²) in [6, 6.07) is 5.84. The highest BCUT2D eigenvalue weighted by Crippen LogP contribution is 2.32. The first kappa shape index (κ1) is 13.6. The molecule has 3 aromatic rings. The number of esters is 1. The molecule has 0 radical (unpaired) electrons. The predicted molar refractivity (Wildman–Crippen MR) is 81.4 cm³/mol. The van der Waals surface area contributed by atoms with Gasteiger partial charge < -0.3 is 14.9 Å². The molecule has 6 nitrogen and oxygen atoms in total. The Bertz CT molecular complexity index is 822. The molecule has 0 aliphatic carbocycles. The third kappa shape index (κ3) is 2.36. The number of aryl methyl sites for hydroxylation is 1. The Balaban J connectivity index is 2.14. The second-order valence-corrected chi connectivity index (χ2v) is 5.50. The van der Waals surface area contributed by atoms with E-state index in [1.807, 2.05) is 35.7 Å². The maximum atomic E-state index is 12.0. The monoisotopic (exact) mass is 302 g/mol. The molecule has 0 amide bonds. The molecule has 3 rings (SSSR count). The summed E-state index contributed by atoms with van der Waals surface area (Å²) in [5.74, 6) is -0.478. The average Bonchev–Trinajstić information content (AvgIpc) is 3.03. The molecule has 0 bridgehead atoms. The van der Waals surface area contributed by atoms with Gasteiger partial charge in [0.25, 0.3) is 0 Å². The van der Waals surface area contributed by atoms with E-state index >= 15 is 0 Å². The van der Waals surface area contributed by atoms with Gasteiger partial charge in [-0.05, 0) is 26.0 Å². The lowest BCUT2D eigenvalue weighted by atomic mass is 10.3. The molecular weight excluding hydrogens is 288 g/mol. The number of hydrogen-bond donors (Lipinski definition) is 1. The Morgan fingerprint density at radius 1 is 1.43 bits per heavy atom. The zero-order valence-electron chi connectivity index (χ0n) is 11.7. The molecule has 0 fully saturated rings. The van der Waals surface area contributed by atoms with Crippen LogP contribution in [-0.4, -0.2) is 26.9 Å². The Hall–Kier alpha value is -2.41. The third-order valence-electron chi connectivity index (χ3n) is 3.04. The van der Waals surface area contributed by atoms with E-state index in [0.717, 1.165) is 11.3 Å². The number of thiazole rings is 1. The highest BCUT2D eigenvalue weighted by atomic mass is 32.1. The zero-order chi connectivity index (χ0) is 15.0. The highest BCUT2D eigenvalue weighted by molar-refractivity contribution is 7.19.